The van der Waals surface area contributed by atoms with Gasteiger partial charge in [-0.2, -0.15) is 0 Å². The van der Waals surface area contributed by atoms with E-state index in [1.54, 1.807) is 0 Å². The van der Waals surface area contributed by atoms with Gasteiger partial charge in [-0.05, 0) is 13.0 Å². The van der Waals surface area contributed by atoms with E-state index in [9.17, 15) is 4.79 Å². The van der Waals surface area contributed by atoms with Crippen LogP contribution >= 0.6 is 0 Å². The second-order valence-electron chi connectivity index (χ2n) is 2.64. The highest BCUT2D eigenvalue weighted by Crippen LogP contribution is 1.98. The lowest BCUT2D eigenvalue weighted by atomic mass is 10.1. The Morgan fingerprint density at radius 1 is 1.73 bits per heavy atom. The van der Waals surface area contributed by atoms with Crippen LogP contribution in [0.25, 0.3) is 0 Å². The summed E-state index contributed by atoms with van der Waals surface area (Å²) in [5, 5.41) is 5.59. The van der Waals surface area contributed by atoms with Crippen molar-refractivity contribution in [3.8, 4) is 0 Å². The Bertz CT molecular complexity index is 150. The topological polar surface area (TPSA) is 93.2 Å². The van der Waals surface area contributed by atoms with Crippen LogP contribution in [0.2, 0.25) is 0 Å². The minimum atomic E-state index is -0.251. The van der Waals surface area contributed by atoms with E-state index in [-0.39, 0.29) is 18.0 Å². The Kier molecular flexibility index (Phi) is 2.81. The number of hydrogen-bond donors (Lipinski definition) is 4. The molecule has 1 fully saturated rings. The van der Waals surface area contributed by atoms with Crippen LogP contribution in [0.4, 0.5) is 0 Å². The van der Waals surface area contributed by atoms with Crippen molar-refractivity contribution in [3.63, 3.8) is 0 Å². The molecule has 1 aliphatic heterocycles. The Morgan fingerprint density at radius 3 is 2.91 bits per heavy atom. The Balaban J connectivity index is 2.39. The van der Waals surface area contributed by atoms with Gasteiger partial charge in [-0.1, -0.05) is 0 Å². The van der Waals surface area contributed by atoms with Crippen molar-refractivity contribution in [2.24, 2.45) is 11.5 Å². The molecule has 1 aliphatic rings. The van der Waals surface area contributed by atoms with Crippen LogP contribution in [0, 0.1) is 0 Å². The van der Waals surface area contributed by atoms with Gasteiger partial charge in [-0.15, -0.1) is 0 Å². The molecule has 1 rings (SSSR count). The van der Waals surface area contributed by atoms with E-state index in [1.165, 1.54) is 0 Å². The molecular weight excluding hydrogens is 144 g/mol. The van der Waals surface area contributed by atoms with E-state index >= 15 is 0 Å². The Hall–Kier alpha value is -0.650. The predicted molar refractivity (Wildman–Crippen MR) is 41.6 cm³/mol. The van der Waals surface area contributed by atoms with Crippen molar-refractivity contribution in [3.05, 3.63) is 0 Å². The second-order valence-corrected chi connectivity index (χ2v) is 2.64. The van der Waals surface area contributed by atoms with E-state index < -0.39 is 0 Å². The highest BCUT2D eigenvalue weighted by atomic mass is 16.2. The first-order valence-electron chi connectivity index (χ1n) is 3.72. The summed E-state index contributed by atoms with van der Waals surface area (Å²) in [6.45, 7) is 1.04. The molecule has 64 valence electrons. The molecule has 5 nitrogen and oxygen atoms in total. The standard InChI is InChI=1S/C6H14N4O/c7-2-1-4(8)5-6(11)10-3-9-5/h4-5,9H,1-3,7-8H2,(H,10,11)/t4-,5?/m0/s1. The first kappa shape index (κ1) is 8.45. The maximum absolute atomic E-state index is 11.0. The molecule has 0 aromatic carbocycles. The van der Waals surface area contributed by atoms with Crippen LogP contribution in [0.5, 0.6) is 0 Å². The summed E-state index contributed by atoms with van der Waals surface area (Å²) >= 11 is 0. The molecule has 1 heterocycles. The van der Waals surface area contributed by atoms with E-state index in [2.05, 4.69) is 10.6 Å². The normalized spacial score (nSPS) is 26.7. The molecule has 1 amide bonds. The molecule has 0 bridgehead atoms. The SMILES string of the molecule is NCC[C@H](N)C1NCNC1=O. The highest BCUT2D eigenvalue weighted by Gasteiger charge is 2.28. The average molecular weight is 158 g/mol. The van der Waals surface area contributed by atoms with E-state index in [4.69, 9.17) is 11.5 Å². The van der Waals surface area contributed by atoms with Gasteiger partial charge in [0.1, 0.15) is 6.04 Å². The summed E-state index contributed by atoms with van der Waals surface area (Å²) in [4.78, 5) is 11.0. The van der Waals surface area contributed by atoms with Crippen molar-refractivity contribution in [2.75, 3.05) is 13.2 Å². The van der Waals surface area contributed by atoms with E-state index in [0.717, 1.165) is 0 Å². The van der Waals surface area contributed by atoms with Gasteiger partial charge in [0.15, 0.2) is 0 Å². The highest BCUT2D eigenvalue weighted by molar-refractivity contribution is 5.84. The molecule has 1 unspecified atom stereocenters. The third kappa shape index (κ3) is 1.89. The lowest BCUT2D eigenvalue weighted by Crippen LogP contribution is -2.46. The van der Waals surface area contributed by atoms with E-state index in [0.29, 0.717) is 19.6 Å². The Labute approximate surface area is 65.5 Å². The molecule has 1 saturated heterocycles. The van der Waals surface area contributed by atoms with Crippen LogP contribution in [-0.4, -0.2) is 31.2 Å². The maximum atomic E-state index is 11.0. The van der Waals surface area contributed by atoms with Crippen LogP contribution in [-0.2, 0) is 4.79 Å². The molecule has 5 heteroatoms. The fraction of sp³-hybridized carbons (Fsp3) is 0.833. The van der Waals surface area contributed by atoms with Gasteiger partial charge in [-0.3, -0.25) is 10.1 Å². The van der Waals surface area contributed by atoms with Gasteiger partial charge >= 0.3 is 0 Å². The largest absolute Gasteiger partial charge is 0.342 e. The van der Waals surface area contributed by atoms with Crippen LogP contribution < -0.4 is 22.1 Å². The number of carbonyl (C=O) groups is 1. The molecule has 0 radical (unpaired) electrons. The van der Waals surface area contributed by atoms with Gasteiger partial charge in [0.05, 0.1) is 6.67 Å². The minimum absolute atomic E-state index is 0.0223. The number of rotatable bonds is 3. The van der Waals surface area contributed by atoms with E-state index in [1.807, 2.05) is 0 Å². The first-order chi connectivity index (χ1) is 5.25. The number of nitrogens with two attached hydrogens (primary N) is 2. The summed E-state index contributed by atoms with van der Waals surface area (Å²) in [6.07, 6.45) is 0.672. The van der Waals surface area contributed by atoms with Gasteiger partial charge in [0.2, 0.25) is 5.91 Å². The molecule has 0 aliphatic carbocycles. The maximum Gasteiger partial charge on any atom is 0.239 e. The van der Waals surface area contributed by atoms with Crippen molar-refractivity contribution in [2.45, 2.75) is 18.5 Å². The monoisotopic (exact) mass is 158 g/mol. The van der Waals surface area contributed by atoms with Crippen molar-refractivity contribution in [1.29, 1.82) is 0 Å². The molecule has 0 spiro atoms. The number of nitrogens with one attached hydrogen (secondary N) is 2. The summed E-state index contributed by atoms with van der Waals surface area (Å²) in [5.74, 6) is -0.0223. The van der Waals surface area contributed by atoms with Gasteiger partial charge < -0.3 is 16.8 Å². The zero-order chi connectivity index (χ0) is 8.27. The predicted octanol–water partition coefficient (Wildman–Crippen LogP) is -2.29. The quantitative estimate of drug-likeness (QED) is 0.372. The van der Waals surface area contributed by atoms with Crippen LogP contribution in [0.3, 0.4) is 0 Å². The fourth-order valence-corrected chi connectivity index (χ4v) is 1.16. The van der Waals surface area contributed by atoms with Crippen molar-refractivity contribution < 1.29 is 4.79 Å². The van der Waals surface area contributed by atoms with Crippen molar-refractivity contribution >= 4 is 5.91 Å². The second kappa shape index (κ2) is 3.66. The van der Waals surface area contributed by atoms with Crippen molar-refractivity contribution in [1.82, 2.24) is 10.6 Å². The third-order valence-corrected chi connectivity index (χ3v) is 1.80. The summed E-state index contributed by atoms with van der Waals surface area (Å²) in [7, 11) is 0. The summed E-state index contributed by atoms with van der Waals surface area (Å²) in [6, 6.07) is -0.416. The summed E-state index contributed by atoms with van der Waals surface area (Å²) in [5.41, 5.74) is 11.0. The zero-order valence-corrected chi connectivity index (χ0v) is 6.34. The molecule has 2 atom stereocenters. The smallest absolute Gasteiger partial charge is 0.239 e. The first-order valence-corrected chi connectivity index (χ1v) is 3.72. The minimum Gasteiger partial charge on any atom is -0.342 e. The lowest BCUT2D eigenvalue weighted by molar-refractivity contribution is -0.120. The molecule has 6 N–H and O–H groups in total. The third-order valence-electron chi connectivity index (χ3n) is 1.80. The number of carbonyl (C=O) groups excluding carboxylic acids is 1. The molecule has 0 saturated carbocycles. The van der Waals surface area contributed by atoms with Gasteiger partial charge in [0.25, 0.3) is 0 Å². The van der Waals surface area contributed by atoms with Gasteiger partial charge in [-0.25, -0.2) is 0 Å². The molecule has 11 heavy (non-hydrogen) atoms. The zero-order valence-electron chi connectivity index (χ0n) is 6.34. The molecular formula is C6H14N4O. The number of amides is 1. The summed E-state index contributed by atoms with van der Waals surface area (Å²) < 4.78 is 0. The van der Waals surface area contributed by atoms with Crippen LogP contribution in [0.15, 0.2) is 0 Å². The molecule has 0 aromatic heterocycles. The molecule has 0 aromatic rings. The van der Waals surface area contributed by atoms with Crippen LogP contribution in [0.1, 0.15) is 6.42 Å². The van der Waals surface area contributed by atoms with Gasteiger partial charge in [0, 0.05) is 6.04 Å². The fourth-order valence-electron chi connectivity index (χ4n) is 1.16. The Morgan fingerprint density at radius 2 is 2.45 bits per heavy atom. The average Bonchev–Trinajstić information content (AvgIpc) is 2.36. The lowest BCUT2D eigenvalue weighted by Gasteiger charge is -2.15. The number of hydrogen-bond acceptors (Lipinski definition) is 4.